The molecule has 4 fully saturated rings. The highest BCUT2D eigenvalue weighted by Crippen LogP contribution is 2.36. The quantitative estimate of drug-likeness (QED) is 0.690. The van der Waals surface area contributed by atoms with E-state index in [0.717, 1.165) is 71.0 Å². The predicted molar refractivity (Wildman–Crippen MR) is 119 cm³/mol. The normalized spacial score (nSPS) is 28.5. The highest BCUT2D eigenvalue weighted by molar-refractivity contribution is 5.90. The Balaban J connectivity index is 1.48. The fraction of sp³-hybridized carbons (Fsp3) is 0.917. The van der Waals surface area contributed by atoms with E-state index in [9.17, 15) is 9.59 Å². The Morgan fingerprint density at radius 2 is 1.70 bits per heavy atom. The molecule has 0 bridgehead atoms. The maximum Gasteiger partial charge on any atom is 0.245 e. The van der Waals surface area contributed by atoms with Crippen LogP contribution < -0.4 is 5.32 Å². The minimum Gasteiger partial charge on any atom is -0.338 e. The largest absolute Gasteiger partial charge is 0.338 e. The van der Waals surface area contributed by atoms with Crippen LogP contribution >= 0.6 is 0 Å². The van der Waals surface area contributed by atoms with Crippen molar-refractivity contribution in [1.82, 2.24) is 20.0 Å². The van der Waals surface area contributed by atoms with Gasteiger partial charge in [-0.25, -0.2) is 0 Å². The SMILES string of the molecule is CC(C)CN(CC1CCCCC1)C1CC(C(=O)N2CCNCC2)N(C(=O)C2CC2)C1. The van der Waals surface area contributed by atoms with Gasteiger partial charge < -0.3 is 15.1 Å². The van der Waals surface area contributed by atoms with Crippen molar-refractivity contribution in [3.05, 3.63) is 0 Å². The van der Waals surface area contributed by atoms with Crippen LogP contribution in [0.25, 0.3) is 0 Å². The van der Waals surface area contributed by atoms with E-state index in [1.165, 1.54) is 32.1 Å². The van der Waals surface area contributed by atoms with Gasteiger partial charge in [-0.15, -0.1) is 0 Å². The molecule has 2 amide bonds. The first-order valence-corrected chi connectivity index (χ1v) is 12.6. The zero-order valence-corrected chi connectivity index (χ0v) is 19.2. The first kappa shape index (κ1) is 22.1. The average Bonchev–Trinajstić information content (AvgIpc) is 3.51. The zero-order valence-electron chi connectivity index (χ0n) is 19.2. The second-order valence-electron chi connectivity index (χ2n) is 10.6. The van der Waals surface area contributed by atoms with Gasteiger partial charge in [-0.2, -0.15) is 0 Å². The highest BCUT2D eigenvalue weighted by atomic mass is 16.2. The lowest BCUT2D eigenvalue weighted by Gasteiger charge is -2.35. The van der Waals surface area contributed by atoms with E-state index in [2.05, 4.69) is 24.1 Å². The Morgan fingerprint density at radius 1 is 1.00 bits per heavy atom. The number of likely N-dealkylation sites (tertiary alicyclic amines) is 1. The van der Waals surface area contributed by atoms with E-state index >= 15 is 0 Å². The van der Waals surface area contributed by atoms with E-state index < -0.39 is 0 Å². The molecule has 30 heavy (non-hydrogen) atoms. The van der Waals surface area contributed by atoms with Crippen LogP contribution in [0.5, 0.6) is 0 Å². The fourth-order valence-corrected chi connectivity index (χ4v) is 5.76. The van der Waals surface area contributed by atoms with E-state index in [-0.39, 0.29) is 23.8 Å². The Kier molecular flexibility index (Phi) is 7.35. The third-order valence-corrected chi connectivity index (χ3v) is 7.54. The summed E-state index contributed by atoms with van der Waals surface area (Å²) >= 11 is 0. The number of carbonyl (C=O) groups excluding carboxylic acids is 2. The standard InChI is InChI=1S/C24H42N4O2/c1-18(2)15-27(16-19-6-4-3-5-7-19)21-14-22(24(30)26-12-10-25-11-13-26)28(17-21)23(29)20-8-9-20/h18-22,25H,3-17H2,1-2H3. The molecule has 2 saturated heterocycles. The maximum absolute atomic E-state index is 13.4. The minimum absolute atomic E-state index is 0.180. The summed E-state index contributed by atoms with van der Waals surface area (Å²) in [6, 6.07) is 0.0797. The molecule has 0 spiro atoms. The molecule has 2 saturated carbocycles. The molecule has 170 valence electrons. The summed E-state index contributed by atoms with van der Waals surface area (Å²) in [6.07, 6.45) is 9.63. The molecule has 4 rings (SSSR count). The molecular formula is C24H42N4O2. The van der Waals surface area contributed by atoms with Crippen molar-refractivity contribution < 1.29 is 9.59 Å². The number of nitrogens with one attached hydrogen (secondary N) is 1. The number of amides is 2. The molecular weight excluding hydrogens is 376 g/mol. The van der Waals surface area contributed by atoms with Gasteiger partial charge in [0.15, 0.2) is 0 Å². The van der Waals surface area contributed by atoms with Crippen LogP contribution in [0, 0.1) is 17.8 Å². The van der Waals surface area contributed by atoms with Crippen molar-refractivity contribution in [3.8, 4) is 0 Å². The number of rotatable bonds is 7. The predicted octanol–water partition coefficient (Wildman–Crippen LogP) is 2.34. The molecule has 1 N–H and O–H groups in total. The van der Waals surface area contributed by atoms with Gasteiger partial charge in [0.25, 0.3) is 0 Å². The van der Waals surface area contributed by atoms with Crippen LogP contribution in [0.4, 0.5) is 0 Å². The van der Waals surface area contributed by atoms with E-state index in [1.807, 2.05) is 9.80 Å². The Labute approximate surface area is 182 Å². The zero-order chi connectivity index (χ0) is 21.1. The van der Waals surface area contributed by atoms with E-state index in [4.69, 9.17) is 0 Å². The highest BCUT2D eigenvalue weighted by Gasteiger charge is 2.47. The maximum atomic E-state index is 13.4. The average molecular weight is 419 g/mol. The summed E-state index contributed by atoms with van der Waals surface area (Å²) in [5.41, 5.74) is 0. The van der Waals surface area contributed by atoms with Crippen molar-refractivity contribution in [2.24, 2.45) is 17.8 Å². The summed E-state index contributed by atoms with van der Waals surface area (Å²) < 4.78 is 0. The van der Waals surface area contributed by atoms with Crippen LogP contribution in [0.2, 0.25) is 0 Å². The molecule has 2 aliphatic carbocycles. The topological polar surface area (TPSA) is 55.9 Å². The van der Waals surface area contributed by atoms with E-state index in [1.54, 1.807) is 0 Å². The summed E-state index contributed by atoms with van der Waals surface area (Å²) in [6.45, 7) is 10.8. The first-order valence-electron chi connectivity index (χ1n) is 12.6. The van der Waals surface area contributed by atoms with Crippen molar-refractivity contribution in [3.63, 3.8) is 0 Å². The first-order chi connectivity index (χ1) is 14.5. The number of piperazine rings is 1. The molecule has 6 heteroatoms. The molecule has 0 aromatic heterocycles. The van der Waals surface area contributed by atoms with Crippen LogP contribution in [0.3, 0.4) is 0 Å². The summed E-state index contributed by atoms with van der Waals surface area (Å²) in [7, 11) is 0. The second kappa shape index (κ2) is 9.99. The van der Waals surface area contributed by atoms with Crippen molar-refractivity contribution in [2.75, 3.05) is 45.8 Å². The molecule has 2 atom stereocenters. The molecule has 2 aliphatic heterocycles. The third kappa shape index (κ3) is 5.37. The Bertz CT molecular complexity index is 594. The van der Waals surface area contributed by atoms with Crippen molar-refractivity contribution >= 4 is 11.8 Å². The van der Waals surface area contributed by atoms with Gasteiger partial charge in [0.2, 0.25) is 11.8 Å². The molecule has 6 nitrogen and oxygen atoms in total. The number of hydrogen-bond donors (Lipinski definition) is 1. The van der Waals surface area contributed by atoms with Crippen LogP contribution in [0.1, 0.15) is 65.2 Å². The smallest absolute Gasteiger partial charge is 0.245 e. The van der Waals surface area contributed by atoms with Gasteiger partial charge >= 0.3 is 0 Å². The summed E-state index contributed by atoms with van der Waals surface area (Å²) in [5, 5.41) is 3.33. The second-order valence-corrected chi connectivity index (χ2v) is 10.6. The Hall–Kier alpha value is -1.14. The monoisotopic (exact) mass is 418 g/mol. The van der Waals surface area contributed by atoms with Crippen LogP contribution in [-0.4, -0.2) is 84.4 Å². The fourth-order valence-electron chi connectivity index (χ4n) is 5.76. The molecule has 0 aromatic rings. The van der Waals surface area contributed by atoms with Gasteiger partial charge in [-0.1, -0.05) is 33.1 Å². The lowest BCUT2D eigenvalue weighted by Crippen LogP contribution is -2.53. The number of hydrogen-bond acceptors (Lipinski definition) is 4. The van der Waals surface area contributed by atoms with Gasteiger partial charge in [0.05, 0.1) is 0 Å². The van der Waals surface area contributed by atoms with Gasteiger partial charge in [0.1, 0.15) is 6.04 Å². The van der Waals surface area contributed by atoms with Gasteiger partial charge in [-0.3, -0.25) is 14.5 Å². The lowest BCUT2D eigenvalue weighted by atomic mass is 9.88. The minimum atomic E-state index is -0.248. The summed E-state index contributed by atoms with van der Waals surface area (Å²) in [4.78, 5) is 33.2. The van der Waals surface area contributed by atoms with Gasteiger partial charge in [0, 0.05) is 57.8 Å². The van der Waals surface area contributed by atoms with Crippen LogP contribution in [0.15, 0.2) is 0 Å². The molecule has 4 aliphatic rings. The van der Waals surface area contributed by atoms with Gasteiger partial charge in [-0.05, 0) is 43.9 Å². The lowest BCUT2D eigenvalue weighted by molar-refractivity contribution is -0.144. The molecule has 2 unspecified atom stereocenters. The number of nitrogens with zero attached hydrogens (tertiary/aromatic N) is 3. The molecule has 2 heterocycles. The van der Waals surface area contributed by atoms with Crippen molar-refractivity contribution in [2.45, 2.75) is 77.3 Å². The van der Waals surface area contributed by atoms with Crippen LogP contribution in [-0.2, 0) is 9.59 Å². The molecule has 0 radical (unpaired) electrons. The Morgan fingerprint density at radius 3 is 2.33 bits per heavy atom. The molecule has 0 aromatic carbocycles. The van der Waals surface area contributed by atoms with E-state index in [0.29, 0.717) is 12.0 Å². The summed E-state index contributed by atoms with van der Waals surface area (Å²) in [5.74, 6) is 2.00. The third-order valence-electron chi connectivity index (χ3n) is 7.54. The number of carbonyl (C=O) groups is 2. The van der Waals surface area contributed by atoms with Crippen molar-refractivity contribution in [1.29, 1.82) is 0 Å².